The van der Waals surface area contributed by atoms with Gasteiger partial charge in [0.25, 0.3) is 0 Å². The van der Waals surface area contributed by atoms with E-state index in [2.05, 4.69) is 0 Å². The Hall–Kier alpha value is -1.52. The summed E-state index contributed by atoms with van der Waals surface area (Å²) in [5, 5.41) is 0.638. The van der Waals surface area contributed by atoms with Gasteiger partial charge in [-0.25, -0.2) is 13.2 Å². The van der Waals surface area contributed by atoms with Gasteiger partial charge in [-0.15, -0.1) is 0 Å². The van der Waals surface area contributed by atoms with E-state index in [0.29, 0.717) is 16.7 Å². The molecule has 0 heterocycles. The number of carbonyl (C=O) groups is 1. The van der Waals surface area contributed by atoms with Gasteiger partial charge in [-0.3, -0.25) is 4.79 Å². The van der Waals surface area contributed by atoms with E-state index in [1.54, 1.807) is 0 Å². The second-order valence-corrected chi connectivity index (χ2v) is 4.90. The molecule has 0 aromatic heterocycles. The van der Waals surface area contributed by atoms with Gasteiger partial charge in [0.1, 0.15) is 0 Å². The predicted octanol–water partition coefficient (Wildman–Crippen LogP) is 4.84. The van der Waals surface area contributed by atoms with E-state index in [9.17, 15) is 18.0 Å². The number of carbonyl (C=O) groups excluding carboxylic acids is 1. The monoisotopic (exact) mass is 318 g/mol. The van der Waals surface area contributed by atoms with Gasteiger partial charge >= 0.3 is 0 Å². The molecule has 0 atom stereocenters. The van der Waals surface area contributed by atoms with Crippen LogP contribution in [0.25, 0.3) is 0 Å². The third-order valence-electron chi connectivity index (χ3n) is 2.70. The molecule has 2 rings (SSSR count). The molecule has 0 saturated carbocycles. The van der Waals surface area contributed by atoms with Crippen LogP contribution in [0.15, 0.2) is 30.3 Å². The van der Waals surface area contributed by atoms with Crippen LogP contribution < -0.4 is 0 Å². The van der Waals surface area contributed by atoms with Gasteiger partial charge in [0.15, 0.2) is 23.2 Å². The summed E-state index contributed by atoms with van der Waals surface area (Å²) < 4.78 is 39.4. The number of ketones is 1. The van der Waals surface area contributed by atoms with Gasteiger partial charge in [-0.05, 0) is 29.8 Å². The van der Waals surface area contributed by atoms with Crippen molar-refractivity contribution >= 4 is 29.0 Å². The SMILES string of the molecule is O=C(Cc1ccc(Cl)cc1Cl)c1ccc(F)c(F)c1F. The number of hydrogen-bond donors (Lipinski definition) is 0. The Morgan fingerprint density at radius 3 is 2.35 bits per heavy atom. The summed E-state index contributed by atoms with van der Waals surface area (Å²) in [6.07, 6.45) is -0.238. The Morgan fingerprint density at radius 2 is 1.70 bits per heavy atom. The van der Waals surface area contributed by atoms with Gasteiger partial charge in [-0.2, -0.15) is 0 Å². The van der Waals surface area contributed by atoms with E-state index < -0.39 is 28.8 Å². The molecule has 0 radical (unpaired) electrons. The quantitative estimate of drug-likeness (QED) is 0.585. The molecule has 0 aliphatic carbocycles. The van der Waals surface area contributed by atoms with Crippen LogP contribution in [-0.4, -0.2) is 5.78 Å². The first-order valence-electron chi connectivity index (χ1n) is 5.50. The zero-order valence-corrected chi connectivity index (χ0v) is 11.4. The van der Waals surface area contributed by atoms with Crippen LogP contribution in [0.1, 0.15) is 15.9 Å². The molecule has 2 aromatic carbocycles. The molecule has 104 valence electrons. The van der Waals surface area contributed by atoms with Crippen LogP contribution >= 0.6 is 23.2 Å². The van der Waals surface area contributed by atoms with Gasteiger partial charge in [0, 0.05) is 16.5 Å². The van der Waals surface area contributed by atoms with Crippen LogP contribution in [0.2, 0.25) is 10.0 Å². The van der Waals surface area contributed by atoms with E-state index in [-0.39, 0.29) is 11.4 Å². The minimum Gasteiger partial charge on any atom is -0.294 e. The highest BCUT2D eigenvalue weighted by Crippen LogP contribution is 2.23. The summed E-state index contributed by atoms with van der Waals surface area (Å²) in [6.45, 7) is 0. The van der Waals surface area contributed by atoms with Crippen molar-refractivity contribution < 1.29 is 18.0 Å². The van der Waals surface area contributed by atoms with Crippen molar-refractivity contribution in [3.05, 3.63) is 69.0 Å². The van der Waals surface area contributed by atoms with E-state index >= 15 is 0 Å². The summed E-state index contributed by atoms with van der Waals surface area (Å²) in [5.41, 5.74) is -0.0971. The molecular formula is C14H7Cl2F3O. The Balaban J connectivity index is 2.31. The van der Waals surface area contributed by atoms with Crippen molar-refractivity contribution in [1.29, 1.82) is 0 Å². The molecule has 0 aliphatic heterocycles. The number of rotatable bonds is 3. The molecular weight excluding hydrogens is 312 g/mol. The van der Waals surface area contributed by atoms with Crippen molar-refractivity contribution in [2.75, 3.05) is 0 Å². The lowest BCUT2D eigenvalue weighted by atomic mass is 10.0. The van der Waals surface area contributed by atoms with Crippen molar-refractivity contribution in [3.8, 4) is 0 Å². The summed E-state index contributed by atoms with van der Waals surface area (Å²) >= 11 is 11.6. The van der Waals surface area contributed by atoms with E-state index in [4.69, 9.17) is 23.2 Å². The first-order chi connectivity index (χ1) is 9.40. The van der Waals surface area contributed by atoms with E-state index in [1.165, 1.54) is 18.2 Å². The zero-order chi connectivity index (χ0) is 14.9. The lowest BCUT2D eigenvalue weighted by Gasteiger charge is -2.06. The standard InChI is InChI=1S/C14H7Cl2F3O/c15-8-2-1-7(10(16)6-8)5-12(20)9-3-4-11(17)14(19)13(9)18/h1-4,6H,5H2. The molecule has 0 saturated heterocycles. The van der Waals surface area contributed by atoms with Crippen molar-refractivity contribution in [1.82, 2.24) is 0 Å². The summed E-state index contributed by atoms with van der Waals surface area (Å²) in [5.74, 6) is -5.22. The Morgan fingerprint density at radius 1 is 1.00 bits per heavy atom. The Bertz CT molecular complexity index is 686. The molecule has 0 unspecified atom stereocenters. The normalized spacial score (nSPS) is 10.7. The third-order valence-corrected chi connectivity index (χ3v) is 3.29. The smallest absolute Gasteiger partial charge is 0.195 e. The lowest BCUT2D eigenvalue weighted by molar-refractivity contribution is 0.0988. The van der Waals surface area contributed by atoms with Gasteiger partial charge in [0.2, 0.25) is 0 Å². The van der Waals surface area contributed by atoms with E-state index in [1.807, 2.05) is 0 Å². The topological polar surface area (TPSA) is 17.1 Å². The van der Waals surface area contributed by atoms with Gasteiger partial charge in [0.05, 0.1) is 5.56 Å². The molecule has 0 bridgehead atoms. The molecule has 0 amide bonds. The average Bonchev–Trinajstić information content (AvgIpc) is 2.39. The Labute approximate surface area is 122 Å². The largest absolute Gasteiger partial charge is 0.294 e. The Kier molecular flexibility index (Phi) is 4.35. The number of hydrogen-bond acceptors (Lipinski definition) is 1. The molecule has 6 heteroatoms. The van der Waals surface area contributed by atoms with Crippen molar-refractivity contribution in [3.63, 3.8) is 0 Å². The summed E-state index contributed by atoms with van der Waals surface area (Å²) in [6, 6.07) is 6.08. The maximum absolute atomic E-state index is 13.5. The number of halogens is 5. The molecule has 0 fully saturated rings. The molecule has 0 N–H and O–H groups in total. The lowest BCUT2D eigenvalue weighted by Crippen LogP contribution is -2.09. The zero-order valence-electron chi connectivity index (χ0n) is 9.89. The van der Waals surface area contributed by atoms with Gasteiger partial charge in [-0.1, -0.05) is 29.3 Å². The predicted molar refractivity (Wildman–Crippen MR) is 70.8 cm³/mol. The highest BCUT2D eigenvalue weighted by Gasteiger charge is 2.19. The maximum Gasteiger partial charge on any atom is 0.195 e. The van der Waals surface area contributed by atoms with Gasteiger partial charge < -0.3 is 0 Å². The van der Waals surface area contributed by atoms with Crippen LogP contribution in [0.4, 0.5) is 13.2 Å². The molecule has 20 heavy (non-hydrogen) atoms. The van der Waals surface area contributed by atoms with E-state index in [0.717, 1.165) is 6.07 Å². The van der Waals surface area contributed by atoms with Crippen molar-refractivity contribution in [2.45, 2.75) is 6.42 Å². The maximum atomic E-state index is 13.5. The summed E-state index contributed by atoms with van der Waals surface area (Å²) in [4.78, 5) is 11.9. The number of Topliss-reactive ketones (excluding diaryl/α,β-unsaturated/α-hetero) is 1. The second-order valence-electron chi connectivity index (χ2n) is 4.06. The molecule has 0 aliphatic rings. The fourth-order valence-electron chi connectivity index (χ4n) is 1.67. The first-order valence-corrected chi connectivity index (χ1v) is 6.26. The average molecular weight is 319 g/mol. The van der Waals surface area contributed by atoms with Crippen LogP contribution in [0, 0.1) is 17.5 Å². The van der Waals surface area contributed by atoms with Crippen LogP contribution in [-0.2, 0) is 6.42 Å². The highest BCUT2D eigenvalue weighted by molar-refractivity contribution is 6.35. The molecule has 1 nitrogen and oxygen atoms in total. The van der Waals surface area contributed by atoms with Crippen LogP contribution in [0.3, 0.4) is 0 Å². The minimum atomic E-state index is -1.67. The summed E-state index contributed by atoms with van der Waals surface area (Å²) in [7, 11) is 0. The van der Waals surface area contributed by atoms with Crippen LogP contribution in [0.5, 0.6) is 0 Å². The fraction of sp³-hybridized carbons (Fsp3) is 0.0714. The third kappa shape index (κ3) is 2.97. The number of benzene rings is 2. The minimum absolute atomic E-state index is 0.238. The highest BCUT2D eigenvalue weighted by atomic mass is 35.5. The fourth-order valence-corrected chi connectivity index (χ4v) is 2.15. The van der Waals surface area contributed by atoms with Crippen molar-refractivity contribution in [2.24, 2.45) is 0 Å². The molecule has 0 spiro atoms. The second kappa shape index (κ2) is 5.85. The molecule has 2 aromatic rings. The first kappa shape index (κ1) is 14.9.